The highest BCUT2D eigenvalue weighted by Crippen LogP contribution is 2.15. The van der Waals surface area contributed by atoms with E-state index in [4.69, 9.17) is 4.74 Å². The highest BCUT2D eigenvalue weighted by Gasteiger charge is 2.14. The van der Waals surface area contributed by atoms with Gasteiger partial charge in [-0.2, -0.15) is 0 Å². The van der Waals surface area contributed by atoms with E-state index >= 15 is 0 Å². The summed E-state index contributed by atoms with van der Waals surface area (Å²) in [4.78, 5) is 14.6. The maximum Gasteiger partial charge on any atom is 0.176 e. The van der Waals surface area contributed by atoms with Crippen LogP contribution in [0.25, 0.3) is 0 Å². The molecule has 0 spiro atoms. The van der Waals surface area contributed by atoms with Gasteiger partial charge in [-0.15, -0.1) is 0 Å². The lowest BCUT2D eigenvalue weighted by atomic mass is 10.1. The monoisotopic (exact) mass is 303 g/mol. The Morgan fingerprint density at radius 3 is 2.36 bits per heavy atom. The molecule has 1 aliphatic rings. The Labute approximate surface area is 134 Å². The van der Waals surface area contributed by atoms with Crippen molar-refractivity contribution >= 4 is 5.78 Å². The van der Waals surface area contributed by atoms with Crippen LogP contribution in [0.15, 0.2) is 24.3 Å². The van der Waals surface area contributed by atoms with Gasteiger partial charge in [0.15, 0.2) is 5.78 Å². The van der Waals surface area contributed by atoms with Crippen LogP contribution in [-0.2, 0) is 0 Å². The number of carbonyl (C=O) groups excluding carboxylic acids is 1. The third kappa shape index (κ3) is 5.80. The molecule has 1 aliphatic heterocycles. The van der Waals surface area contributed by atoms with Crippen LogP contribution in [0.4, 0.5) is 0 Å². The maximum absolute atomic E-state index is 12.4. The van der Waals surface area contributed by atoms with Crippen molar-refractivity contribution in [2.75, 3.05) is 26.2 Å². The molecule has 0 radical (unpaired) electrons. The van der Waals surface area contributed by atoms with Gasteiger partial charge in [0.25, 0.3) is 0 Å². The first-order valence-electron chi connectivity index (χ1n) is 8.78. The summed E-state index contributed by atoms with van der Waals surface area (Å²) in [6.07, 6.45) is 8.53. The summed E-state index contributed by atoms with van der Waals surface area (Å²) in [7, 11) is 0. The van der Waals surface area contributed by atoms with E-state index in [-0.39, 0.29) is 5.78 Å². The van der Waals surface area contributed by atoms with E-state index in [1.165, 1.54) is 38.5 Å². The topological polar surface area (TPSA) is 29.5 Å². The van der Waals surface area contributed by atoms with Crippen LogP contribution in [-0.4, -0.2) is 36.9 Å². The van der Waals surface area contributed by atoms with Gasteiger partial charge in [-0.05, 0) is 56.6 Å². The third-order valence-electron chi connectivity index (χ3n) is 4.26. The number of hydrogen-bond acceptors (Lipinski definition) is 3. The highest BCUT2D eigenvalue weighted by atomic mass is 16.5. The molecule has 1 fully saturated rings. The first-order chi connectivity index (χ1) is 10.8. The molecule has 1 heterocycles. The van der Waals surface area contributed by atoms with Crippen molar-refractivity contribution in [2.24, 2.45) is 0 Å². The number of hydrogen-bond donors (Lipinski definition) is 0. The smallest absolute Gasteiger partial charge is 0.176 e. The van der Waals surface area contributed by atoms with Crippen molar-refractivity contribution in [3.05, 3.63) is 29.8 Å². The average molecular weight is 303 g/mol. The van der Waals surface area contributed by atoms with Crippen LogP contribution < -0.4 is 4.74 Å². The second-order valence-electron chi connectivity index (χ2n) is 6.19. The molecule has 3 nitrogen and oxygen atoms in total. The predicted molar refractivity (Wildman–Crippen MR) is 90.7 cm³/mol. The Bertz CT molecular complexity index is 433. The zero-order valence-electron chi connectivity index (χ0n) is 13.9. The van der Waals surface area contributed by atoms with Gasteiger partial charge in [-0.1, -0.05) is 32.6 Å². The number of ketones is 1. The number of nitrogens with zero attached hydrogens (tertiary/aromatic N) is 1. The van der Waals surface area contributed by atoms with Crippen molar-refractivity contribution in [3.8, 4) is 5.75 Å². The zero-order valence-corrected chi connectivity index (χ0v) is 13.9. The van der Waals surface area contributed by atoms with Gasteiger partial charge in [-0.25, -0.2) is 0 Å². The molecule has 0 unspecified atom stereocenters. The minimum atomic E-state index is 0.222. The lowest BCUT2D eigenvalue weighted by Gasteiger charge is -2.18. The number of likely N-dealkylation sites (tertiary alicyclic amines) is 1. The second kappa shape index (κ2) is 9.62. The molecule has 122 valence electrons. The van der Waals surface area contributed by atoms with E-state index in [2.05, 4.69) is 11.8 Å². The molecule has 0 atom stereocenters. The summed E-state index contributed by atoms with van der Waals surface area (Å²) < 4.78 is 5.69. The molecule has 0 aromatic heterocycles. The van der Waals surface area contributed by atoms with E-state index < -0.39 is 0 Å². The quantitative estimate of drug-likeness (QED) is 0.529. The van der Waals surface area contributed by atoms with Crippen LogP contribution in [0.3, 0.4) is 0 Å². The SMILES string of the molecule is CCCCCOc1ccc(C(=O)CN2CCCCCC2)cc1. The number of benzene rings is 1. The first kappa shape index (κ1) is 17.0. The first-order valence-corrected chi connectivity index (χ1v) is 8.78. The molecule has 1 aromatic rings. The summed E-state index contributed by atoms with van der Waals surface area (Å²) in [5, 5.41) is 0. The molecule has 0 N–H and O–H groups in total. The molecule has 0 amide bonds. The second-order valence-corrected chi connectivity index (χ2v) is 6.19. The normalized spacial score (nSPS) is 16.2. The lowest BCUT2D eigenvalue weighted by molar-refractivity contribution is 0.0933. The van der Waals surface area contributed by atoms with Crippen molar-refractivity contribution in [1.29, 1.82) is 0 Å². The van der Waals surface area contributed by atoms with Crippen LogP contribution in [0, 0.1) is 0 Å². The fraction of sp³-hybridized carbons (Fsp3) is 0.632. The lowest BCUT2D eigenvalue weighted by Crippen LogP contribution is -2.30. The number of carbonyl (C=O) groups is 1. The summed E-state index contributed by atoms with van der Waals surface area (Å²) in [5.41, 5.74) is 0.796. The van der Waals surface area contributed by atoms with E-state index in [1.54, 1.807) is 0 Å². The fourth-order valence-corrected chi connectivity index (χ4v) is 2.87. The van der Waals surface area contributed by atoms with Gasteiger partial charge in [0.2, 0.25) is 0 Å². The number of rotatable bonds is 8. The van der Waals surface area contributed by atoms with Crippen molar-refractivity contribution < 1.29 is 9.53 Å². The van der Waals surface area contributed by atoms with E-state index in [9.17, 15) is 4.79 Å². The Morgan fingerprint density at radius 2 is 1.73 bits per heavy atom. The molecular weight excluding hydrogens is 274 g/mol. The number of Topliss-reactive ketones (excluding diaryl/α,β-unsaturated/α-hetero) is 1. The van der Waals surface area contributed by atoms with Gasteiger partial charge in [0.1, 0.15) is 5.75 Å². The van der Waals surface area contributed by atoms with Crippen molar-refractivity contribution in [2.45, 2.75) is 51.9 Å². The van der Waals surface area contributed by atoms with Gasteiger partial charge >= 0.3 is 0 Å². The van der Waals surface area contributed by atoms with E-state index in [1.807, 2.05) is 24.3 Å². The Balaban J connectivity index is 1.79. The van der Waals surface area contributed by atoms with E-state index in [0.717, 1.165) is 37.4 Å². The van der Waals surface area contributed by atoms with Gasteiger partial charge in [0.05, 0.1) is 13.2 Å². The molecule has 3 heteroatoms. The molecule has 1 saturated heterocycles. The molecule has 0 saturated carbocycles. The van der Waals surface area contributed by atoms with Crippen molar-refractivity contribution in [1.82, 2.24) is 4.90 Å². The van der Waals surface area contributed by atoms with Gasteiger partial charge in [-0.3, -0.25) is 9.69 Å². The van der Waals surface area contributed by atoms with E-state index in [0.29, 0.717) is 6.54 Å². The molecule has 22 heavy (non-hydrogen) atoms. The molecular formula is C19H29NO2. The zero-order chi connectivity index (χ0) is 15.6. The summed E-state index contributed by atoms with van der Waals surface area (Å²) >= 11 is 0. The van der Waals surface area contributed by atoms with Gasteiger partial charge in [0, 0.05) is 5.56 Å². The highest BCUT2D eigenvalue weighted by molar-refractivity contribution is 5.97. The summed E-state index contributed by atoms with van der Waals surface area (Å²) in [6.45, 7) is 5.62. The Kier molecular flexibility index (Phi) is 7.44. The average Bonchev–Trinajstić information content (AvgIpc) is 2.81. The molecule has 1 aromatic carbocycles. The predicted octanol–water partition coefficient (Wildman–Crippen LogP) is 4.31. The van der Waals surface area contributed by atoms with Crippen molar-refractivity contribution in [3.63, 3.8) is 0 Å². The van der Waals surface area contributed by atoms with Gasteiger partial charge < -0.3 is 4.74 Å². The Hall–Kier alpha value is -1.35. The summed E-state index contributed by atoms with van der Waals surface area (Å²) in [6, 6.07) is 7.63. The number of unbranched alkanes of at least 4 members (excludes halogenated alkanes) is 2. The van der Waals surface area contributed by atoms with Crippen LogP contribution in [0.1, 0.15) is 62.2 Å². The fourth-order valence-electron chi connectivity index (χ4n) is 2.87. The van der Waals surface area contributed by atoms with Crippen LogP contribution in [0.2, 0.25) is 0 Å². The molecule has 0 aliphatic carbocycles. The summed E-state index contributed by atoms with van der Waals surface area (Å²) in [5.74, 6) is 1.09. The standard InChI is InChI=1S/C19H29NO2/c1-2-3-8-15-22-18-11-9-17(10-12-18)19(21)16-20-13-6-4-5-7-14-20/h9-12H,2-8,13-16H2,1H3. The minimum absolute atomic E-state index is 0.222. The third-order valence-corrected chi connectivity index (χ3v) is 4.26. The largest absolute Gasteiger partial charge is 0.494 e. The maximum atomic E-state index is 12.4. The van der Waals surface area contributed by atoms with Crippen LogP contribution in [0.5, 0.6) is 5.75 Å². The van der Waals surface area contributed by atoms with Crippen LogP contribution >= 0.6 is 0 Å². The number of ether oxygens (including phenoxy) is 1. The minimum Gasteiger partial charge on any atom is -0.494 e. The molecule has 2 rings (SSSR count). The Morgan fingerprint density at radius 1 is 1.05 bits per heavy atom. The molecule has 0 bridgehead atoms.